The maximum Gasteiger partial charge on any atom is 0.269 e. The van der Waals surface area contributed by atoms with Crippen molar-refractivity contribution in [3.8, 4) is 0 Å². The minimum absolute atomic E-state index is 0.156. The number of hydrogen-bond acceptors (Lipinski definition) is 3. The Hall–Kier alpha value is -1.62. The monoisotopic (exact) mass is 220 g/mol. The van der Waals surface area contributed by atoms with Crippen molar-refractivity contribution in [3.63, 3.8) is 0 Å². The summed E-state index contributed by atoms with van der Waals surface area (Å²) in [6.07, 6.45) is 0. The summed E-state index contributed by atoms with van der Waals surface area (Å²) in [5, 5.41) is 14.9. The molecule has 0 atom stereocenters. The van der Waals surface area contributed by atoms with Crippen LogP contribution in [0.4, 0.5) is 11.4 Å². The number of benzene rings is 1. The van der Waals surface area contributed by atoms with Gasteiger partial charge >= 0.3 is 0 Å². The predicted molar refractivity (Wildman–Crippen MR) is 61.9 cm³/mol. The second kappa shape index (κ2) is 4.49. The first-order valence-electron chi connectivity index (χ1n) is 5.32. The molecule has 0 aromatic heterocycles. The van der Waals surface area contributed by atoms with Crippen LogP contribution in [0.2, 0.25) is 0 Å². The molecule has 2 rings (SSSR count). The zero-order valence-corrected chi connectivity index (χ0v) is 9.22. The Morgan fingerprint density at radius 1 is 1.38 bits per heavy atom. The molecule has 1 heterocycles. The van der Waals surface area contributed by atoms with Crippen LogP contribution in [0.15, 0.2) is 18.2 Å². The summed E-state index contributed by atoms with van der Waals surface area (Å²) in [6, 6.07) is 5.02. The number of hydrogen-bond donors (Lipinski definition) is 0. The van der Waals surface area contributed by atoms with E-state index in [-0.39, 0.29) is 10.6 Å². The van der Waals surface area contributed by atoms with Crippen LogP contribution in [0.25, 0.3) is 0 Å². The summed E-state index contributed by atoms with van der Waals surface area (Å²) in [5.74, 6) is 0. The van der Waals surface area contributed by atoms with Gasteiger partial charge in [0, 0.05) is 44.0 Å². The summed E-state index contributed by atoms with van der Waals surface area (Å²) < 4.78 is 0. The van der Waals surface area contributed by atoms with E-state index in [4.69, 9.17) is 0 Å². The van der Waals surface area contributed by atoms with Gasteiger partial charge in [0.2, 0.25) is 0 Å². The van der Waals surface area contributed by atoms with E-state index >= 15 is 0 Å². The third kappa shape index (κ3) is 2.14. The molecular formula is C11H14N3O2. The lowest BCUT2D eigenvalue weighted by atomic mass is 10.1. The van der Waals surface area contributed by atoms with Crippen molar-refractivity contribution in [1.29, 1.82) is 0 Å². The van der Waals surface area contributed by atoms with E-state index in [1.165, 1.54) is 0 Å². The molecule has 0 bridgehead atoms. The van der Waals surface area contributed by atoms with E-state index in [1.807, 2.05) is 13.0 Å². The first-order chi connectivity index (χ1) is 7.68. The van der Waals surface area contributed by atoms with Crippen molar-refractivity contribution < 1.29 is 4.92 Å². The van der Waals surface area contributed by atoms with Gasteiger partial charge in [0.1, 0.15) is 0 Å². The number of non-ortho nitro benzene ring substituents is 1. The molecule has 0 saturated carbocycles. The molecule has 1 radical (unpaired) electrons. The lowest BCUT2D eigenvalue weighted by Gasteiger charge is -2.29. The summed E-state index contributed by atoms with van der Waals surface area (Å²) in [7, 11) is 0. The maximum atomic E-state index is 10.6. The highest BCUT2D eigenvalue weighted by atomic mass is 16.6. The highest BCUT2D eigenvalue weighted by Crippen LogP contribution is 2.24. The van der Waals surface area contributed by atoms with Crippen molar-refractivity contribution in [2.75, 3.05) is 31.1 Å². The van der Waals surface area contributed by atoms with Gasteiger partial charge in [-0.25, -0.2) is 5.32 Å². The Kier molecular flexibility index (Phi) is 3.05. The van der Waals surface area contributed by atoms with Crippen LogP contribution in [0.3, 0.4) is 0 Å². The molecule has 0 spiro atoms. The molecule has 5 nitrogen and oxygen atoms in total. The Bertz CT molecular complexity index is 400. The van der Waals surface area contributed by atoms with Crippen molar-refractivity contribution in [2.45, 2.75) is 6.92 Å². The number of aryl methyl sites for hydroxylation is 1. The Morgan fingerprint density at radius 3 is 2.62 bits per heavy atom. The summed E-state index contributed by atoms with van der Waals surface area (Å²) >= 11 is 0. The molecule has 5 heteroatoms. The average molecular weight is 220 g/mol. The fourth-order valence-corrected chi connectivity index (χ4v) is 1.96. The van der Waals surface area contributed by atoms with Crippen LogP contribution in [0.5, 0.6) is 0 Å². The summed E-state index contributed by atoms with van der Waals surface area (Å²) in [6.45, 7) is 5.40. The molecule has 85 valence electrons. The number of piperazine rings is 1. The first kappa shape index (κ1) is 10.9. The largest absolute Gasteiger partial charge is 0.369 e. The van der Waals surface area contributed by atoms with Crippen molar-refractivity contribution in [2.24, 2.45) is 0 Å². The minimum atomic E-state index is -0.359. The molecular weight excluding hydrogens is 206 g/mol. The molecule has 0 unspecified atom stereocenters. The van der Waals surface area contributed by atoms with Gasteiger partial charge in [-0.15, -0.1) is 0 Å². The fraction of sp³-hybridized carbons (Fsp3) is 0.455. The minimum Gasteiger partial charge on any atom is -0.369 e. The first-order valence-corrected chi connectivity index (χ1v) is 5.32. The molecule has 0 N–H and O–H groups in total. The topological polar surface area (TPSA) is 60.5 Å². The summed E-state index contributed by atoms with van der Waals surface area (Å²) in [4.78, 5) is 12.5. The van der Waals surface area contributed by atoms with Gasteiger partial charge in [0.05, 0.1) is 4.92 Å². The molecule has 1 aromatic rings. The van der Waals surface area contributed by atoms with E-state index in [0.717, 1.165) is 37.4 Å². The van der Waals surface area contributed by atoms with Gasteiger partial charge in [0.15, 0.2) is 0 Å². The summed E-state index contributed by atoms with van der Waals surface area (Å²) in [5.41, 5.74) is 2.19. The van der Waals surface area contributed by atoms with E-state index in [1.54, 1.807) is 12.1 Å². The molecule has 1 aromatic carbocycles. The lowest BCUT2D eigenvalue weighted by Crippen LogP contribution is -2.40. The van der Waals surface area contributed by atoms with E-state index in [2.05, 4.69) is 10.2 Å². The highest BCUT2D eigenvalue weighted by Gasteiger charge is 2.15. The molecule has 1 aliphatic rings. The second-order valence-electron chi connectivity index (χ2n) is 3.89. The zero-order valence-electron chi connectivity index (χ0n) is 9.22. The molecule has 1 fully saturated rings. The van der Waals surface area contributed by atoms with Crippen LogP contribution in [0.1, 0.15) is 5.56 Å². The molecule has 1 aliphatic heterocycles. The molecule has 0 amide bonds. The maximum absolute atomic E-state index is 10.6. The van der Waals surface area contributed by atoms with Crippen LogP contribution >= 0.6 is 0 Å². The van der Waals surface area contributed by atoms with Crippen molar-refractivity contribution in [1.82, 2.24) is 5.32 Å². The van der Waals surface area contributed by atoms with Gasteiger partial charge in [-0.2, -0.15) is 0 Å². The van der Waals surface area contributed by atoms with Crippen LogP contribution in [-0.4, -0.2) is 31.1 Å². The molecule has 1 saturated heterocycles. The van der Waals surface area contributed by atoms with Gasteiger partial charge < -0.3 is 4.90 Å². The van der Waals surface area contributed by atoms with Gasteiger partial charge in [-0.05, 0) is 18.6 Å². The van der Waals surface area contributed by atoms with Crippen molar-refractivity contribution in [3.05, 3.63) is 33.9 Å². The third-order valence-electron chi connectivity index (χ3n) is 2.79. The van der Waals surface area contributed by atoms with Crippen LogP contribution in [-0.2, 0) is 0 Å². The number of rotatable bonds is 2. The highest BCUT2D eigenvalue weighted by molar-refractivity contribution is 5.57. The smallest absolute Gasteiger partial charge is 0.269 e. The number of nitro benzene ring substituents is 1. The Labute approximate surface area is 94.2 Å². The lowest BCUT2D eigenvalue weighted by molar-refractivity contribution is -0.384. The normalized spacial score (nSPS) is 16.2. The Balaban J connectivity index is 2.24. The average Bonchev–Trinajstić information content (AvgIpc) is 2.30. The van der Waals surface area contributed by atoms with Crippen molar-refractivity contribution >= 4 is 11.4 Å². The Morgan fingerprint density at radius 2 is 2.06 bits per heavy atom. The second-order valence-corrected chi connectivity index (χ2v) is 3.89. The number of nitro groups is 1. The van der Waals surface area contributed by atoms with E-state index in [9.17, 15) is 10.1 Å². The van der Waals surface area contributed by atoms with Crippen LogP contribution in [0, 0.1) is 17.0 Å². The fourth-order valence-electron chi connectivity index (χ4n) is 1.96. The number of nitrogens with zero attached hydrogens (tertiary/aromatic N) is 3. The van der Waals surface area contributed by atoms with Gasteiger partial charge in [-0.3, -0.25) is 10.1 Å². The van der Waals surface area contributed by atoms with E-state index in [0.29, 0.717) is 0 Å². The standard InChI is InChI=1S/C11H14N3O2/c1-9-8-10(14(15)16)2-3-11(9)13-6-4-12-5-7-13/h2-3,8H,4-7H2,1H3. The third-order valence-corrected chi connectivity index (χ3v) is 2.79. The van der Waals surface area contributed by atoms with Gasteiger partial charge in [0.25, 0.3) is 5.69 Å². The molecule has 16 heavy (non-hydrogen) atoms. The van der Waals surface area contributed by atoms with Crippen LogP contribution < -0.4 is 10.2 Å². The predicted octanol–water partition coefficient (Wildman–Crippen LogP) is 1.33. The molecule has 0 aliphatic carbocycles. The number of anilines is 1. The SMILES string of the molecule is Cc1cc([N+](=O)[O-])ccc1N1CC[N]CC1. The van der Waals surface area contributed by atoms with Gasteiger partial charge in [-0.1, -0.05) is 0 Å². The quantitative estimate of drug-likeness (QED) is 0.558. The van der Waals surface area contributed by atoms with E-state index < -0.39 is 0 Å². The zero-order chi connectivity index (χ0) is 11.5.